The molecule has 8 nitrogen and oxygen atoms in total. The number of anilines is 1. The standard InChI is InChI=1S/C19H23F2N5O3.HI/c1-2-23-19(25-12-17(28)26-14-4-3-9-22-10-14)24-11-16(27)13-5-7-15(8-6-13)29-18(20)21;/h3-10,16,18,27H,2,11-12H2,1H3,(H,26,28)(H2,23,24,25);1H. The number of nitrogens with one attached hydrogen (secondary N) is 3. The minimum absolute atomic E-state index is 0. The summed E-state index contributed by atoms with van der Waals surface area (Å²) >= 11 is 0. The second-order valence-corrected chi connectivity index (χ2v) is 5.83. The van der Waals surface area contributed by atoms with Crippen molar-refractivity contribution in [1.82, 2.24) is 15.6 Å². The first-order valence-electron chi connectivity index (χ1n) is 8.92. The largest absolute Gasteiger partial charge is 0.435 e. The van der Waals surface area contributed by atoms with E-state index >= 15 is 0 Å². The van der Waals surface area contributed by atoms with Gasteiger partial charge in [0.05, 0.1) is 18.0 Å². The summed E-state index contributed by atoms with van der Waals surface area (Å²) in [4.78, 5) is 20.1. The summed E-state index contributed by atoms with van der Waals surface area (Å²) in [5.74, 6) is 0.0503. The number of halogens is 3. The van der Waals surface area contributed by atoms with E-state index in [0.29, 0.717) is 23.8 Å². The number of amides is 1. The van der Waals surface area contributed by atoms with Gasteiger partial charge in [-0.05, 0) is 36.8 Å². The van der Waals surface area contributed by atoms with Gasteiger partial charge in [0.1, 0.15) is 12.3 Å². The molecule has 11 heteroatoms. The molecule has 1 aromatic heterocycles. The average molecular weight is 535 g/mol. The molecule has 2 rings (SSSR count). The number of ether oxygens (including phenoxy) is 1. The number of guanidine groups is 1. The number of nitrogens with zero attached hydrogens (tertiary/aromatic N) is 2. The Morgan fingerprint density at radius 3 is 2.57 bits per heavy atom. The summed E-state index contributed by atoms with van der Waals surface area (Å²) < 4.78 is 28.6. The van der Waals surface area contributed by atoms with Gasteiger partial charge in [0.2, 0.25) is 5.91 Å². The van der Waals surface area contributed by atoms with E-state index in [1.807, 2.05) is 6.92 Å². The molecule has 1 amide bonds. The van der Waals surface area contributed by atoms with Crippen molar-refractivity contribution in [2.75, 3.05) is 25.0 Å². The fourth-order valence-electron chi connectivity index (χ4n) is 2.31. The molecule has 4 N–H and O–H groups in total. The van der Waals surface area contributed by atoms with Crippen LogP contribution in [0.4, 0.5) is 14.5 Å². The Bertz CT molecular complexity index is 795. The van der Waals surface area contributed by atoms with Crippen molar-refractivity contribution < 1.29 is 23.4 Å². The fourth-order valence-corrected chi connectivity index (χ4v) is 2.31. The quantitative estimate of drug-likeness (QED) is 0.224. The van der Waals surface area contributed by atoms with Crippen molar-refractivity contribution in [1.29, 1.82) is 0 Å². The maximum absolute atomic E-state index is 12.2. The van der Waals surface area contributed by atoms with Crippen molar-refractivity contribution in [3.63, 3.8) is 0 Å². The molecule has 1 aromatic carbocycles. The van der Waals surface area contributed by atoms with Crippen LogP contribution in [0.3, 0.4) is 0 Å². The highest BCUT2D eigenvalue weighted by Gasteiger charge is 2.11. The van der Waals surface area contributed by atoms with Crippen molar-refractivity contribution in [3.05, 3.63) is 54.4 Å². The van der Waals surface area contributed by atoms with Crippen LogP contribution < -0.4 is 20.7 Å². The van der Waals surface area contributed by atoms with E-state index in [4.69, 9.17) is 0 Å². The van der Waals surface area contributed by atoms with Gasteiger partial charge in [0.25, 0.3) is 0 Å². The van der Waals surface area contributed by atoms with Crippen LogP contribution in [-0.4, -0.2) is 48.2 Å². The highest BCUT2D eigenvalue weighted by molar-refractivity contribution is 14.0. The molecule has 0 saturated carbocycles. The number of benzene rings is 1. The van der Waals surface area contributed by atoms with Crippen LogP contribution in [0, 0.1) is 0 Å². The zero-order chi connectivity index (χ0) is 21.1. The Labute approximate surface area is 190 Å². The number of aliphatic hydroxyl groups excluding tert-OH is 1. The number of carbonyl (C=O) groups is 1. The second kappa shape index (κ2) is 13.6. The Morgan fingerprint density at radius 2 is 1.97 bits per heavy atom. The van der Waals surface area contributed by atoms with Gasteiger partial charge in [0, 0.05) is 19.3 Å². The lowest BCUT2D eigenvalue weighted by molar-refractivity contribution is -0.114. The summed E-state index contributed by atoms with van der Waals surface area (Å²) in [6.07, 6.45) is 2.22. The normalized spacial score (nSPS) is 12.0. The molecule has 2 aromatic rings. The lowest BCUT2D eigenvalue weighted by atomic mass is 10.1. The molecule has 1 unspecified atom stereocenters. The molecule has 0 fully saturated rings. The zero-order valence-corrected chi connectivity index (χ0v) is 18.5. The summed E-state index contributed by atoms with van der Waals surface area (Å²) in [6, 6.07) is 9.12. The van der Waals surface area contributed by atoms with Crippen LogP contribution in [0.2, 0.25) is 0 Å². The third kappa shape index (κ3) is 9.31. The third-order valence-corrected chi connectivity index (χ3v) is 3.62. The van der Waals surface area contributed by atoms with Gasteiger partial charge in [-0.2, -0.15) is 8.78 Å². The lowest BCUT2D eigenvalue weighted by Gasteiger charge is -2.16. The Balaban J connectivity index is 0.00000450. The molecular weight excluding hydrogens is 511 g/mol. The number of alkyl halides is 2. The highest BCUT2D eigenvalue weighted by Crippen LogP contribution is 2.18. The maximum atomic E-state index is 12.2. The van der Waals surface area contributed by atoms with Crippen LogP contribution in [0.25, 0.3) is 0 Å². The van der Waals surface area contributed by atoms with Crippen molar-refractivity contribution in [2.45, 2.75) is 19.6 Å². The van der Waals surface area contributed by atoms with E-state index < -0.39 is 12.7 Å². The summed E-state index contributed by atoms with van der Waals surface area (Å²) in [7, 11) is 0. The van der Waals surface area contributed by atoms with E-state index in [0.717, 1.165) is 0 Å². The minimum Gasteiger partial charge on any atom is -0.435 e. The van der Waals surface area contributed by atoms with E-state index in [1.165, 1.54) is 30.5 Å². The monoisotopic (exact) mass is 535 g/mol. The van der Waals surface area contributed by atoms with Crippen LogP contribution in [0.1, 0.15) is 18.6 Å². The Kier molecular flexibility index (Phi) is 11.6. The summed E-state index contributed by atoms with van der Waals surface area (Å²) in [5, 5.41) is 18.8. The number of aromatic nitrogens is 1. The van der Waals surface area contributed by atoms with Gasteiger partial charge in [-0.25, -0.2) is 4.99 Å². The first-order chi connectivity index (χ1) is 14.0. The molecule has 164 valence electrons. The van der Waals surface area contributed by atoms with E-state index in [2.05, 4.69) is 30.7 Å². The number of hydrogen-bond donors (Lipinski definition) is 4. The first kappa shape index (κ1) is 25.5. The van der Waals surface area contributed by atoms with E-state index in [-0.39, 0.29) is 48.7 Å². The molecule has 1 atom stereocenters. The Hall–Kier alpha value is -2.54. The van der Waals surface area contributed by atoms with Crippen LogP contribution in [-0.2, 0) is 4.79 Å². The number of rotatable bonds is 9. The lowest BCUT2D eigenvalue weighted by Crippen LogP contribution is -2.40. The van der Waals surface area contributed by atoms with Crippen LogP contribution in [0.15, 0.2) is 53.8 Å². The van der Waals surface area contributed by atoms with Gasteiger partial charge in [-0.3, -0.25) is 9.78 Å². The number of hydrogen-bond acceptors (Lipinski definition) is 5. The SMILES string of the molecule is CCNC(=NCC(=O)Nc1cccnc1)NCC(O)c1ccc(OC(F)F)cc1.I. The maximum Gasteiger partial charge on any atom is 0.387 e. The van der Waals surface area contributed by atoms with Gasteiger partial charge >= 0.3 is 6.61 Å². The van der Waals surface area contributed by atoms with Crippen molar-refractivity contribution in [3.8, 4) is 5.75 Å². The number of pyridine rings is 1. The molecule has 0 radical (unpaired) electrons. The third-order valence-electron chi connectivity index (χ3n) is 3.62. The van der Waals surface area contributed by atoms with Gasteiger partial charge in [-0.1, -0.05) is 12.1 Å². The second-order valence-electron chi connectivity index (χ2n) is 5.83. The number of aliphatic hydroxyl groups is 1. The van der Waals surface area contributed by atoms with Crippen molar-refractivity contribution >= 4 is 41.5 Å². The molecule has 0 aliphatic rings. The fraction of sp³-hybridized carbons (Fsp3) is 0.316. The van der Waals surface area contributed by atoms with E-state index in [1.54, 1.807) is 18.3 Å². The molecule has 30 heavy (non-hydrogen) atoms. The molecular formula is C19H24F2IN5O3. The molecule has 1 heterocycles. The molecule has 0 aliphatic carbocycles. The van der Waals surface area contributed by atoms with Crippen LogP contribution >= 0.6 is 24.0 Å². The highest BCUT2D eigenvalue weighted by atomic mass is 127. The topological polar surface area (TPSA) is 108 Å². The smallest absolute Gasteiger partial charge is 0.387 e. The molecule has 0 saturated heterocycles. The molecule has 0 spiro atoms. The number of aliphatic imine (C=N–C) groups is 1. The van der Waals surface area contributed by atoms with E-state index in [9.17, 15) is 18.7 Å². The average Bonchev–Trinajstić information content (AvgIpc) is 2.70. The molecule has 0 aliphatic heterocycles. The molecule has 0 bridgehead atoms. The van der Waals surface area contributed by atoms with Gasteiger partial charge in [-0.15, -0.1) is 24.0 Å². The first-order valence-corrected chi connectivity index (χ1v) is 8.92. The predicted octanol–water partition coefficient (Wildman–Crippen LogP) is 2.53. The van der Waals surface area contributed by atoms with Crippen LogP contribution in [0.5, 0.6) is 5.75 Å². The van der Waals surface area contributed by atoms with Gasteiger partial charge < -0.3 is 25.8 Å². The predicted molar refractivity (Wildman–Crippen MR) is 120 cm³/mol. The zero-order valence-electron chi connectivity index (χ0n) is 16.2. The minimum atomic E-state index is -2.90. The summed E-state index contributed by atoms with van der Waals surface area (Å²) in [5.41, 5.74) is 1.09. The summed E-state index contributed by atoms with van der Waals surface area (Å²) in [6.45, 7) is -0.496. The Morgan fingerprint density at radius 1 is 1.23 bits per heavy atom. The number of carbonyl (C=O) groups excluding carboxylic acids is 1. The van der Waals surface area contributed by atoms with Crippen molar-refractivity contribution in [2.24, 2.45) is 4.99 Å². The van der Waals surface area contributed by atoms with Gasteiger partial charge in [0.15, 0.2) is 5.96 Å².